The molecule has 0 saturated carbocycles. The molecule has 1 aromatic heterocycles. The summed E-state index contributed by atoms with van der Waals surface area (Å²) in [6.07, 6.45) is 1.41. The fourth-order valence-corrected chi connectivity index (χ4v) is 4.41. The fraction of sp³-hybridized carbons (Fsp3) is 0.179. The SMILES string of the molecule is O=C(c1ccccc1)c1cccc(NC(=O)C2CCN(c3ccc4cccc(O)c4n3)CC2)c1. The number of hydrogen-bond acceptors (Lipinski definition) is 5. The number of phenolic OH excluding ortho intramolecular Hbond substituents is 1. The minimum absolute atomic E-state index is 0.0342. The number of rotatable bonds is 5. The Labute approximate surface area is 197 Å². The molecule has 1 fully saturated rings. The number of fused-ring (bicyclic) bond motifs is 1. The van der Waals surface area contributed by atoms with E-state index in [-0.39, 0.29) is 23.4 Å². The van der Waals surface area contributed by atoms with E-state index in [0.717, 1.165) is 11.2 Å². The molecule has 6 heteroatoms. The van der Waals surface area contributed by atoms with Crippen molar-refractivity contribution >= 4 is 34.1 Å². The Morgan fingerprint density at radius 3 is 2.38 bits per heavy atom. The van der Waals surface area contributed by atoms with Gasteiger partial charge in [-0.15, -0.1) is 0 Å². The number of piperidine rings is 1. The third kappa shape index (κ3) is 4.48. The Morgan fingerprint density at radius 2 is 1.59 bits per heavy atom. The molecule has 5 rings (SSSR count). The van der Waals surface area contributed by atoms with Gasteiger partial charge < -0.3 is 15.3 Å². The third-order valence-corrected chi connectivity index (χ3v) is 6.30. The first kappa shape index (κ1) is 21.6. The van der Waals surface area contributed by atoms with Gasteiger partial charge in [-0.2, -0.15) is 0 Å². The van der Waals surface area contributed by atoms with Crippen LogP contribution >= 0.6 is 0 Å². The summed E-state index contributed by atoms with van der Waals surface area (Å²) < 4.78 is 0. The maximum atomic E-state index is 12.9. The van der Waals surface area contributed by atoms with Crippen molar-refractivity contribution < 1.29 is 14.7 Å². The van der Waals surface area contributed by atoms with Crippen molar-refractivity contribution in [1.82, 2.24) is 4.98 Å². The second-order valence-electron chi connectivity index (χ2n) is 8.54. The van der Waals surface area contributed by atoms with Crippen molar-refractivity contribution in [2.45, 2.75) is 12.8 Å². The Balaban J connectivity index is 1.22. The van der Waals surface area contributed by atoms with Crippen LogP contribution in [0.2, 0.25) is 0 Å². The van der Waals surface area contributed by atoms with Crippen LogP contribution in [0.15, 0.2) is 84.9 Å². The Bertz CT molecular complexity index is 1350. The number of ketones is 1. The van der Waals surface area contributed by atoms with Crippen molar-refractivity contribution in [2.75, 3.05) is 23.3 Å². The summed E-state index contributed by atoms with van der Waals surface area (Å²) in [4.78, 5) is 32.4. The molecule has 0 unspecified atom stereocenters. The van der Waals surface area contributed by atoms with Crippen molar-refractivity contribution in [3.8, 4) is 5.75 Å². The number of carbonyl (C=O) groups excluding carboxylic acids is 2. The van der Waals surface area contributed by atoms with Crippen LogP contribution in [-0.4, -0.2) is 34.9 Å². The van der Waals surface area contributed by atoms with E-state index in [2.05, 4.69) is 15.2 Å². The first-order valence-corrected chi connectivity index (χ1v) is 11.4. The van der Waals surface area contributed by atoms with Crippen LogP contribution < -0.4 is 10.2 Å². The average molecular weight is 452 g/mol. The topological polar surface area (TPSA) is 82.5 Å². The molecule has 1 amide bonds. The molecule has 1 saturated heterocycles. The lowest BCUT2D eigenvalue weighted by atomic mass is 9.95. The molecule has 0 atom stereocenters. The zero-order valence-corrected chi connectivity index (χ0v) is 18.6. The van der Waals surface area contributed by atoms with E-state index >= 15 is 0 Å². The molecule has 0 aliphatic carbocycles. The number of aromatic nitrogens is 1. The largest absolute Gasteiger partial charge is 0.506 e. The van der Waals surface area contributed by atoms with Crippen LogP contribution in [0, 0.1) is 5.92 Å². The number of amides is 1. The van der Waals surface area contributed by atoms with Gasteiger partial charge in [0.05, 0.1) is 0 Å². The number of nitrogens with one attached hydrogen (secondary N) is 1. The number of aromatic hydroxyl groups is 1. The van der Waals surface area contributed by atoms with Crippen LogP contribution in [0.5, 0.6) is 5.75 Å². The molecule has 170 valence electrons. The molecule has 6 nitrogen and oxygen atoms in total. The van der Waals surface area contributed by atoms with Gasteiger partial charge in [0, 0.05) is 41.2 Å². The monoisotopic (exact) mass is 451 g/mol. The number of carbonyl (C=O) groups is 2. The summed E-state index contributed by atoms with van der Waals surface area (Å²) in [5, 5.41) is 14.0. The molecule has 1 aliphatic heterocycles. The molecular formula is C28H25N3O3. The maximum absolute atomic E-state index is 12.9. The van der Waals surface area contributed by atoms with Gasteiger partial charge in [-0.3, -0.25) is 9.59 Å². The first-order chi connectivity index (χ1) is 16.6. The van der Waals surface area contributed by atoms with E-state index < -0.39 is 0 Å². The number of anilines is 2. The molecule has 4 aromatic rings. The van der Waals surface area contributed by atoms with Crippen molar-refractivity contribution in [1.29, 1.82) is 0 Å². The van der Waals surface area contributed by atoms with E-state index in [1.807, 2.05) is 36.4 Å². The summed E-state index contributed by atoms with van der Waals surface area (Å²) >= 11 is 0. The molecule has 0 radical (unpaired) electrons. The lowest BCUT2D eigenvalue weighted by Crippen LogP contribution is -2.38. The average Bonchev–Trinajstić information content (AvgIpc) is 2.89. The Kier molecular flexibility index (Phi) is 5.95. The van der Waals surface area contributed by atoms with Crippen LogP contribution in [-0.2, 0) is 4.79 Å². The summed E-state index contributed by atoms with van der Waals surface area (Å²) in [6.45, 7) is 1.41. The zero-order valence-electron chi connectivity index (χ0n) is 18.6. The fourth-order valence-electron chi connectivity index (χ4n) is 4.41. The van der Waals surface area contributed by atoms with E-state index in [4.69, 9.17) is 0 Å². The molecule has 34 heavy (non-hydrogen) atoms. The summed E-state index contributed by atoms with van der Waals surface area (Å²) in [7, 11) is 0. The minimum Gasteiger partial charge on any atom is -0.506 e. The van der Waals surface area contributed by atoms with E-state index in [0.29, 0.717) is 48.3 Å². The number of benzene rings is 3. The highest BCUT2D eigenvalue weighted by Gasteiger charge is 2.26. The van der Waals surface area contributed by atoms with Gasteiger partial charge in [0.15, 0.2) is 5.78 Å². The van der Waals surface area contributed by atoms with Gasteiger partial charge in [-0.25, -0.2) is 4.98 Å². The standard InChI is InChI=1S/C28H25N3O3/c32-24-11-5-8-19-12-13-25(30-26(19)24)31-16-14-21(15-17-31)28(34)29-23-10-4-9-22(18-23)27(33)20-6-2-1-3-7-20/h1-13,18,21,32H,14-17H2,(H,29,34). The van der Waals surface area contributed by atoms with Gasteiger partial charge in [0.25, 0.3) is 0 Å². The zero-order chi connectivity index (χ0) is 23.5. The maximum Gasteiger partial charge on any atom is 0.227 e. The van der Waals surface area contributed by atoms with Crippen molar-refractivity contribution in [2.24, 2.45) is 5.92 Å². The van der Waals surface area contributed by atoms with Crippen LogP contribution in [0.4, 0.5) is 11.5 Å². The second kappa shape index (κ2) is 9.35. The first-order valence-electron chi connectivity index (χ1n) is 11.4. The van der Waals surface area contributed by atoms with Gasteiger partial charge in [-0.1, -0.05) is 54.6 Å². The molecule has 0 bridgehead atoms. The van der Waals surface area contributed by atoms with Crippen molar-refractivity contribution in [3.63, 3.8) is 0 Å². The Morgan fingerprint density at radius 1 is 0.853 bits per heavy atom. The van der Waals surface area contributed by atoms with Gasteiger partial charge in [0.1, 0.15) is 17.1 Å². The summed E-state index contributed by atoms with van der Waals surface area (Å²) in [5.41, 5.74) is 2.38. The number of para-hydroxylation sites is 1. The highest BCUT2D eigenvalue weighted by molar-refractivity contribution is 6.09. The number of phenols is 1. The van der Waals surface area contributed by atoms with E-state index in [9.17, 15) is 14.7 Å². The number of hydrogen-bond donors (Lipinski definition) is 2. The van der Waals surface area contributed by atoms with Gasteiger partial charge in [-0.05, 0) is 43.2 Å². The normalized spacial score (nSPS) is 14.2. The molecule has 3 aromatic carbocycles. The smallest absolute Gasteiger partial charge is 0.227 e. The van der Waals surface area contributed by atoms with E-state index in [1.165, 1.54) is 0 Å². The van der Waals surface area contributed by atoms with Crippen LogP contribution in [0.1, 0.15) is 28.8 Å². The van der Waals surface area contributed by atoms with Crippen LogP contribution in [0.25, 0.3) is 10.9 Å². The van der Waals surface area contributed by atoms with Gasteiger partial charge in [0.2, 0.25) is 5.91 Å². The van der Waals surface area contributed by atoms with Crippen LogP contribution in [0.3, 0.4) is 0 Å². The molecule has 2 N–H and O–H groups in total. The lowest BCUT2D eigenvalue weighted by Gasteiger charge is -2.32. The minimum atomic E-state index is -0.112. The second-order valence-corrected chi connectivity index (χ2v) is 8.54. The lowest BCUT2D eigenvalue weighted by molar-refractivity contribution is -0.120. The third-order valence-electron chi connectivity index (χ3n) is 6.30. The Hall–Kier alpha value is -4.19. The number of nitrogens with zero attached hydrogens (tertiary/aromatic N) is 2. The molecule has 1 aliphatic rings. The molecular weight excluding hydrogens is 426 g/mol. The highest BCUT2D eigenvalue weighted by atomic mass is 16.3. The predicted molar refractivity (Wildman–Crippen MR) is 133 cm³/mol. The predicted octanol–water partition coefficient (Wildman–Crippen LogP) is 5.03. The number of pyridine rings is 1. The highest BCUT2D eigenvalue weighted by Crippen LogP contribution is 2.28. The molecule has 0 spiro atoms. The summed E-state index contributed by atoms with van der Waals surface area (Å²) in [6, 6.07) is 25.5. The molecule has 2 heterocycles. The van der Waals surface area contributed by atoms with E-state index in [1.54, 1.807) is 48.5 Å². The van der Waals surface area contributed by atoms with Gasteiger partial charge >= 0.3 is 0 Å². The quantitative estimate of drug-likeness (QED) is 0.416. The summed E-state index contributed by atoms with van der Waals surface area (Å²) in [5.74, 6) is 0.757. The van der Waals surface area contributed by atoms with Crippen molar-refractivity contribution in [3.05, 3.63) is 96.1 Å².